The van der Waals surface area contributed by atoms with Crippen LogP contribution in [-0.4, -0.2) is 49.1 Å². The highest BCUT2D eigenvalue weighted by atomic mass is 32.2. The Labute approximate surface area is 108 Å². The highest BCUT2D eigenvalue weighted by Crippen LogP contribution is 2.24. The van der Waals surface area contributed by atoms with Gasteiger partial charge in [-0.15, -0.1) is 0 Å². The van der Waals surface area contributed by atoms with Crippen LogP contribution in [0.3, 0.4) is 0 Å². The summed E-state index contributed by atoms with van der Waals surface area (Å²) in [7, 11) is -1.55. The lowest BCUT2D eigenvalue weighted by Crippen LogP contribution is -2.47. The molecule has 0 spiro atoms. The van der Waals surface area contributed by atoms with Crippen LogP contribution in [0, 0.1) is 13.8 Å². The van der Waals surface area contributed by atoms with Crippen LogP contribution >= 0.6 is 0 Å². The Morgan fingerprint density at radius 3 is 2.72 bits per heavy atom. The van der Waals surface area contributed by atoms with E-state index in [0.29, 0.717) is 29.4 Å². The fourth-order valence-corrected chi connectivity index (χ4v) is 4.30. The minimum absolute atomic E-state index is 0.237. The first kappa shape index (κ1) is 13.5. The minimum atomic E-state index is -3.42. The Morgan fingerprint density at radius 1 is 1.44 bits per heavy atom. The molecule has 1 fully saturated rings. The fraction of sp³-hybridized carbons (Fsp3) is 0.727. The molecule has 1 aliphatic heterocycles. The maximum Gasteiger partial charge on any atom is 0.246 e. The van der Waals surface area contributed by atoms with Crippen LogP contribution in [0.25, 0.3) is 0 Å². The molecule has 0 radical (unpaired) electrons. The number of aryl methyl sites for hydroxylation is 2. The van der Waals surface area contributed by atoms with Crippen molar-refractivity contribution in [3.63, 3.8) is 0 Å². The molecule has 6 nitrogen and oxygen atoms in total. The standard InChI is InChI=1S/C11H20N4O2S/c1-8-11(9(2)14-13-8)18(16,17)15-6-4-5-10(7-15)12-3/h10,12H,4-7H2,1-3H3,(H,13,14)/t10-/m0/s1. The Bertz CT molecular complexity index is 504. The second-order valence-corrected chi connectivity index (χ2v) is 6.63. The quantitative estimate of drug-likeness (QED) is 0.835. The highest BCUT2D eigenvalue weighted by molar-refractivity contribution is 7.89. The molecule has 2 rings (SSSR count). The van der Waals surface area contributed by atoms with Crippen molar-refractivity contribution in [1.29, 1.82) is 0 Å². The molecule has 1 saturated heterocycles. The van der Waals surface area contributed by atoms with Crippen molar-refractivity contribution in [2.24, 2.45) is 0 Å². The van der Waals surface area contributed by atoms with Gasteiger partial charge in [0.15, 0.2) is 0 Å². The lowest BCUT2D eigenvalue weighted by atomic mass is 10.1. The third-order valence-corrected chi connectivity index (χ3v) is 5.58. The fourth-order valence-electron chi connectivity index (χ4n) is 2.45. The van der Waals surface area contributed by atoms with Crippen LogP contribution in [-0.2, 0) is 10.0 Å². The average Bonchev–Trinajstić information content (AvgIpc) is 2.69. The van der Waals surface area contributed by atoms with Gasteiger partial charge in [-0.3, -0.25) is 5.10 Å². The SMILES string of the molecule is CN[C@H]1CCCN(S(=O)(=O)c2c(C)n[nH]c2C)C1. The van der Waals surface area contributed by atoms with E-state index in [1.54, 1.807) is 18.2 Å². The van der Waals surface area contributed by atoms with Crippen LogP contribution < -0.4 is 5.32 Å². The summed E-state index contributed by atoms with van der Waals surface area (Å²) in [4.78, 5) is 0.333. The number of nitrogens with zero attached hydrogens (tertiary/aromatic N) is 2. The zero-order valence-electron chi connectivity index (χ0n) is 11.0. The van der Waals surface area contributed by atoms with Gasteiger partial charge in [-0.05, 0) is 33.7 Å². The van der Waals surface area contributed by atoms with E-state index < -0.39 is 10.0 Å². The highest BCUT2D eigenvalue weighted by Gasteiger charge is 2.32. The Kier molecular flexibility index (Phi) is 3.74. The zero-order valence-corrected chi connectivity index (χ0v) is 11.8. The molecule has 0 aromatic carbocycles. The monoisotopic (exact) mass is 272 g/mol. The van der Waals surface area contributed by atoms with E-state index in [2.05, 4.69) is 15.5 Å². The smallest absolute Gasteiger partial charge is 0.246 e. The molecule has 1 aliphatic rings. The van der Waals surface area contributed by atoms with Gasteiger partial charge in [0.2, 0.25) is 10.0 Å². The van der Waals surface area contributed by atoms with Crippen LogP contribution in [0.15, 0.2) is 4.90 Å². The van der Waals surface area contributed by atoms with E-state index in [0.717, 1.165) is 12.8 Å². The van der Waals surface area contributed by atoms with Gasteiger partial charge in [-0.25, -0.2) is 8.42 Å². The van der Waals surface area contributed by atoms with Crippen molar-refractivity contribution >= 4 is 10.0 Å². The van der Waals surface area contributed by atoms with E-state index >= 15 is 0 Å². The number of sulfonamides is 1. The topological polar surface area (TPSA) is 78.1 Å². The first-order valence-electron chi connectivity index (χ1n) is 6.15. The summed E-state index contributed by atoms with van der Waals surface area (Å²) in [6.45, 7) is 4.58. The predicted molar refractivity (Wildman–Crippen MR) is 68.9 cm³/mol. The Balaban J connectivity index is 2.31. The molecule has 0 unspecified atom stereocenters. The number of likely N-dealkylation sites (N-methyl/N-ethyl adjacent to an activating group) is 1. The number of aromatic nitrogens is 2. The molecule has 0 saturated carbocycles. The van der Waals surface area contributed by atoms with E-state index in [1.165, 1.54) is 0 Å². The summed E-state index contributed by atoms with van der Waals surface area (Å²) in [6.07, 6.45) is 1.91. The van der Waals surface area contributed by atoms with Crippen LogP contribution in [0.2, 0.25) is 0 Å². The van der Waals surface area contributed by atoms with E-state index in [4.69, 9.17) is 0 Å². The first-order chi connectivity index (χ1) is 8.46. The van der Waals surface area contributed by atoms with E-state index in [1.807, 2.05) is 7.05 Å². The van der Waals surface area contributed by atoms with Crippen LogP contribution in [0.5, 0.6) is 0 Å². The molecule has 2 heterocycles. The summed E-state index contributed by atoms with van der Waals surface area (Å²) < 4.78 is 26.7. The molecule has 2 N–H and O–H groups in total. The summed E-state index contributed by atoms with van der Waals surface area (Å²) in [5.74, 6) is 0. The molecule has 7 heteroatoms. The van der Waals surface area contributed by atoms with Crippen molar-refractivity contribution in [3.8, 4) is 0 Å². The summed E-state index contributed by atoms with van der Waals surface area (Å²) >= 11 is 0. The summed E-state index contributed by atoms with van der Waals surface area (Å²) in [5.41, 5.74) is 1.15. The van der Waals surface area contributed by atoms with Gasteiger partial charge < -0.3 is 5.32 Å². The molecule has 1 aromatic heterocycles. The normalized spacial score (nSPS) is 22.3. The zero-order chi connectivity index (χ0) is 13.3. The number of H-pyrrole nitrogens is 1. The number of hydrogen-bond acceptors (Lipinski definition) is 4. The van der Waals surface area contributed by atoms with E-state index in [-0.39, 0.29) is 6.04 Å². The molecular formula is C11H20N4O2S. The number of aromatic amines is 1. The molecule has 1 atom stereocenters. The molecule has 1 aromatic rings. The molecule has 0 amide bonds. The Morgan fingerprint density at radius 2 is 2.17 bits per heavy atom. The van der Waals surface area contributed by atoms with Gasteiger partial charge >= 0.3 is 0 Å². The van der Waals surface area contributed by atoms with Crippen molar-refractivity contribution in [3.05, 3.63) is 11.4 Å². The predicted octanol–water partition coefficient (Wildman–Crippen LogP) is 0.399. The van der Waals surface area contributed by atoms with Gasteiger partial charge in [-0.1, -0.05) is 0 Å². The van der Waals surface area contributed by atoms with Crippen molar-refractivity contribution < 1.29 is 8.42 Å². The molecule has 0 aliphatic carbocycles. The lowest BCUT2D eigenvalue weighted by molar-refractivity contribution is 0.292. The summed E-state index contributed by atoms with van der Waals surface area (Å²) in [5, 5.41) is 9.86. The first-order valence-corrected chi connectivity index (χ1v) is 7.59. The van der Waals surface area contributed by atoms with Crippen LogP contribution in [0.4, 0.5) is 0 Å². The summed E-state index contributed by atoms with van der Waals surface area (Å²) in [6, 6.07) is 0.237. The van der Waals surface area contributed by atoms with Gasteiger partial charge in [0, 0.05) is 19.1 Å². The van der Waals surface area contributed by atoms with Crippen molar-refractivity contribution in [2.75, 3.05) is 20.1 Å². The van der Waals surface area contributed by atoms with Gasteiger partial charge in [-0.2, -0.15) is 9.40 Å². The lowest BCUT2D eigenvalue weighted by Gasteiger charge is -2.31. The van der Waals surface area contributed by atoms with Gasteiger partial charge in [0.25, 0.3) is 0 Å². The maximum absolute atomic E-state index is 12.6. The maximum atomic E-state index is 12.6. The number of piperidine rings is 1. The van der Waals surface area contributed by atoms with Crippen LogP contribution in [0.1, 0.15) is 24.2 Å². The second-order valence-electron chi connectivity index (χ2n) is 4.75. The number of rotatable bonds is 3. The van der Waals surface area contributed by atoms with E-state index in [9.17, 15) is 8.42 Å². The minimum Gasteiger partial charge on any atom is -0.316 e. The van der Waals surface area contributed by atoms with Crippen molar-refractivity contribution in [2.45, 2.75) is 37.6 Å². The third-order valence-electron chi connectivity index (χ3n) is 3.45. The third kappa shape index (κ3) is 2.30. The largest absolute Gasteiger partial charge is 0.316 e. The molecule has 0 bridgehead atoms. The number of nitrogens with one attached hydrogen (secondary N) is 2. The molecule has 18 heavy (non-hydrogen) atoms. The van der Waals surface area contributed by atoms with Gasteiger partial charge in [0.1, 0.15) is 4.90 Å². The van der Waals surface area contributed by atoms with Crippen molar-refractivity contribution in [1.82, 2.24) is 19.8 Å². The second kappa shape index (κ2) is 4.99. The number of hydrogen-bond donors (Lipinski definition) is 2. The average molecular weight is 272 g/mol. The van der Waals surface area contributed by atoms with Gasteiger partial charge in [0.05, 0.1) is 11.4 Å². The molecule has 102 valence electrons. The molecular weight excluding hydrogens is 252 g/mol. The Hall–Kier alpha value is -0.920.